The lowest BCUT2D eigenvalue weighted by molar-refractivity contribution is -0.128. The van der Waals surface area contributed by atoms with Gasteiger partial charge in [0, 0.05) is 31.3 Å². The monoisotopic (exact) mass is 273 g/mol. The van der Waals surface area contributed by atoms with E-state index in [2.05, 4.69) is 34.3 Å². The minimum absolute atomic E-state index is 0.0253. The number of rotatable bonds is 6. The second kappa shape index (κ2) is 6.09. The molecule has 1 amide bonds. The molecule has 0 saturated carbocycles. The number of para-hydroxylation sites is 1. The fourth-order valence-electron chi connectivity index (χ4n) is 2.12. The summed E-state index contributed by atoms with van der Waals surface area (Å²) in [5, 5.41) is 4.20. The summed E-state index contributed by atoms with van der Waals surface area (Å²) in [4.78, 5) is 11.9. The number of amides is 1. The SMILES string of the molecule is CC(C)(CN)C(=O)NCCCn1ccc2ccccc21. The molecule has 2 rings (SSSR count). The van der Waals surface area contributed by atoms with Crippen LogP contribution in [0.3, 0.4) is 0 Å². The molecular formula is C16H23N3O. The lowest BCUT2D eigenvalue weighted by atomic mass is 9.93. The fraction of sp³-hybridized carbons (Fsp3) is 0.438. The zero-order chi connectivity index (χ0) is 14.6. The van der Waals surface area contributed by atoms with Gasteiger partial charge in [0.1, 0.15) is 0 Å². The van der Waals surface area contributed by atoms with Gasteiger partial charge in [-0.25, -0.2) is 0 Å². The van der Waals surface area contributed by atoms with Crippen LogP contribution in [0.5, 0.6) is 0 Å². The quantitative estimate of drug-likeness (QED) is 0.792. The van der Waals surface area contributed by atoms with Gasteiger partial charge in [0.05, 0.1) is 5.41 Å². The summed E-state index contributed by atoms with van der Waals surface area (Å²) in [6.45, 7) is 5.66. The highest BCUT2D eigenvalue weighted by atomic mass is 16.2. The molecule has 1 aromatic heterocycles. The first-order valence-electron chi connectivity index (χ1n) is 7.07. The van der Waals surface area contributed by atoms with Gasteiger partial charge in [-0.1, -0.05) is 18.2 Å². The molecule has 1 aromatic carbocycles. The standard InChI is InChI=1S/C16H23N3O/c1-16(2,12-17)15(20)18-9-5-10-19-11-8-13-6-3-4-7-14(13)19/h3-4,6-8,11H,5,9-10,12,17H2,1-2H3,(H,18,20). The van der Waals surface area contributed by atoms with Crippen LogP contribution < -0.4 is 11.1 Å². The molecule has 0 unspecified atom stereocenters. The summed E-state index contributed by atoms with van der Waals surface area (Å²) in [7, 11) is 0. The van der Waals surface area contributed by atoms with E-state index in [1.807, 2.05) is 26.0 Å². The van der Waals surface area contributed by atoms with Crippen LogP contribution in [-0.4, -0.2) is 23.6 Å². The maximum Gasteiger partial charge on any atom is 0.226 e. The van der Waals surface area contributed by atoms with E-state index in [0.717, 1.165) is 13.0 Å². The maximum absolute atomic E-state index is 11.9. The number of aryl methyl sites for hydroxylation is 1. The minimum atomic E-state index is -0.486. The third-order valence-corrected chi connectivity index (χ3v) is 3.67. The van der Waals surface area contributed by atoms with E-state index in [-0.39, 0.29) is 5.91 Å². The van der Waals surface area contributed by atoms with Crippen LogP contribution in [-0.2, 0) is 11.3 Å². The predicted octanol–water partition coefficient (Wildman–Crippen LogP) is 2.13. The first-order chi connectivity index (χ1) is 9.54. The summed E-state index contributed by atoms with van der Waals surface area (Å²) < 4.78 is 2.22. The molecule has 3 N–H and O–H groups in total. The van der Waals surface area contributed by atoms with Crippen molar-refractivity contribution in [3.63, 3.8) is 0 Å². The summed E-state index contributed by atoms with van der Waals surface area (Å²) in [5.74, 6) is 0.0253. The van der Waals surface area contributed by atoms with Crippen molar-refractivity contribution in [3.05, 3.63) is 36.5 Å². The van der Waals surface area contributed by atoms with Gasteiger partial charge >= 0.3 is 0 Å². The Labute approximate surface area is 120 Å². The Morgan fingerprint density at radius 3 is 2.80 bits per heavy atom. The van der Waals surface area contributed by atoms with Crippen LogP contribution in [0, 0.1) is 5.41 Å². The molecular weight excluding hydrogens is 250 g/mol. The van der Waals surface area contributed by atoms with E-state index in [1.165, 1.54) is 10.9 Å². The molecule has 108 valence electrons. The Balaban J connectivity index is 1.83. The van der Waals surface area contributed by atoms with E-state index < -0.39 is 5.41 Å². The van der Waals surface area contributed by atoms with Crippen molar-refractivity contribution in [1.29, 1.82) is 0 Å². The van der Waals surface area contributed by atoms with Crippen molar-refractivity contribution in [3.8, 4) is 0 Å². The molecule has 0 aliphatic rings. The average Bonchev–Trinajstić information content (AvgIpc) is 2.86. The molecule has 1 heterocycles. The van der Waals surface area contributed by atoms with E-state index in [4.69, 9.17) is 5.73 Å². The van der Waals surface area contributed by atoms with Crippen LogP contribution in [0.2, 0.25) is 0 Å². The topological polar surface area (TPSA) is 60.1 Å². The fourth-order valence-corrected chi connectivity index (χ4v) is 2.12. The summed E-state index contributed by atoms with van der Waals surface area (Å²) in [5.41, 5.74) is 6.34. The Bertz CT molecular complexity index is 586. The van der Waals surface area contributed by atoms with Crippen molar-refractivity contribution in [1.82, 2.24) is 9.88 Å². The average molecular weight is 273 g/mol. The Morgan fingerprint density at radius 2 is 2.05 bits per heavy atom. The van der Waals surface area contributed by atoms with Crippen LogP contribution in [0.25, 0.3) is 10.9 Å². The number of fused-ring (bicyclic) bond motifs is 1. The first kappa shape index (κ1) is 14.6. The van der Waals surface area contributed by atoms with Crippen LogP contribution in [0.1, 0.15) is 20.3 Å². The molecule has 4 heteroatoms. The second-order valence-electron chi connectivity index (χ2n) is 5.77. The highest BCUT2D eigenvalue weighted by Gasteiger charge is 2.24. The molecule has 20 heavy (non-hydrogen) atoms. The third-order valence-electron chi connectivity index (χ3n) is 3.67. The van der Waals surface area contributed by atoms with E-state index in [1.54, 1.807) is 0 Å². The summed E-state index contributed by atoms with van der Waals surface area (Å²) in [6.07, 6.45) is 3.00. The highest BCUT2D eigenvalue weighted by Crippen LogP contribution is 2.15. The molecule has 0 saturated heterocycles. The number of carbonyl (C=O) groups is 1. The number of aromatic nitrogens is 1. The molecule has 0 aliphatic carbocycles. The number of hydrogen-bond donors (Lipinski definition) is 2. The number of nitrogens with two attached hydrogens (primary N) is 1. The van der Waals surface area contributed by atoms with Crippen LogP contribution in [0.15, 0.2) is 36.5 Å². The Hall–Kier alpha value is -1.81. The molecule has 0 bridgehead atoms. The van der Waals surface area contributed by atoms with E-state index >= 15 is 0 Å². The second-order valence-corrected chi connectivity index (χ2v) is 5.77. The van der Waals surface area contributed by atoms with Crippen LogP contribution in [0.4, 0.5) is 0 Å². The van der Waals surface area contributed by atoms with E-state index in [0.29, 0.717) is 13.1 Å². The molecule has 0 spiro atoms. The zero-order valence-corrected chi connectivity index (χ0v) is 12.2. The van der Waals surface area contributed by atoms with Gasteiger partial charge in [-0.15, -0.1) is 0 Å². The van der Waals surface area contributed by atoms with Gasteiger partial charge < -0.3 is 15.6 Å². The first-order valence-corrected chi connectivity index (χ1v) is 7.07. The Kier molecular flexibility index (Phi) is 4.45. The summed E-state index contributed by atoms with van der Waals surface area (Å²) in [6, 6.07) is 10.4. The van der Waals surface area contributed by atoms with E-state index in [9.17, 15) is 4.79 Å². The van der Waals surface area contributed by atoms with Gasteiger partial charge in [0.2, 0.25) is 5.91 Å². The van der Waals surface area contributed by atoms with Gasteiger partial charge in [-0.2, -0.15) is 0 Å². The Morgan fingerprint density at radius 1 is 1.30 bits per heavy atom. The molecule has 2 aromatic rings. The third kappa shape index (κ3) is 3.20. The largest absolute Gasteiger partial charge is 0.356 e. The molecule has 4 nitrogen and oxygen atoms in total. The van der Waals surface area contributed by atoms with Crippen molar-refractivity contribution >= 4 is 16.8 Å². The van der Waals surface area contributed by atoms with Gasteiger partial charge in [0.25, 0.3) is 0 Å². The molecule has 0 aliphatic heterocycles. The minimum Gasteiger partial charge on any atom is -0.356 e. The van der Waals surface area contributed by atoms with Crippen molar-refractivity contribution in [2.75, 3.05) is 13.1 Å². The van der Waals surface area contributed by atoms with Gasteiger partial charge in [0.15, 0.2) is 0 Å². The highest BCUT2D eigenvalue weighted by molar-refractivity contribution is 5.82. The molecule has 0 atom stereocenters. The maximum atomic E-state index is 11.9. The van der Waals surface area contributed by atoms with Gasteiger partial charge in [-0.3, -0.25) is 4.79 Å². The van der Waals surface area contributed by atoms with Crippen LogP contribution >= 0.6 is 0 Å². The number of hydrogen-bond acceptors (Lipinski definition) is 2. The molecule has 0 radical (unpaired) electrons. The summed E-state index contributed by atoms with van der Waals surface area (Å²) >= 11 is 0. The number of benzene rings is 1. The lowest BCUT2D eigenvalue weighted by Crippen LogP contribution is -2.42. The van der Waals surface area contributed by atoms with Gasteiger partial charge in [-0.05, 0) is 37.8 Å². The van der Waals surface area contributed by atoms with Crippen molar-refractivity contribution in [2.24, 2.45) is 11.1 Å². The smallest absolute Gasteiger partial charge is 0.226 e. The number of carbonyl (C=O) groups excluding carboxylic acids is 1. The zero-order valence-electron chi connectivity index (χ0n) is 12.2. The molecule has 0 fully saturated rings. The predicted molar refractivity (Wildman–Crippen MR) is 82.4 cm³/mol. The van der Waals surface area contributed by atoms with Crippen molar-refractivity contribution in [2.45, 2.75) is 26.8 Å². The lowest BCUT2D eigenvalue weighted by Gasteiger charge is -2.21. The van der Waals surface area contributed by atoms with Crippen molar-refractivity contribution < 1.29 is 4.79 Å². The number of nitrogens with one attached hydrogen (secondary N) is 1. The number of nitrogens with zero attached hydrogens (tertiary/aromatic N) is 1. The normalized spacial score (nSPS) is 11.8.